The SMILES string of the molecule is CS(=O)(=O)NCCCCn1c(CC2CC2)nc2c(N)nc3ccccc3c21. The molecule has 2 heterocycles. The predicted octanol–water partition coefficient (Wildman–Crippen LogP) is 2.45. The molecular weight excluding hydrogens is 362 g/mol. The van der Waals surface area contributed by atoms with Crippen LogP contribution in [0.15, 0.2) is 24.3 Å². The van der Waals surface area contributed by atoms with Crippen molar-refractivity contribution in [1.82, 2.24) is 19.3 Å². The van der Waals surface area contributed by atoms with Crippen LogP contribution in [0.25, 0.3) is 21.9 Å². The number of anilines is 1. The van der Waals surface area contributed by atoms with Gasteiger partial charge < -0.3 is 10.3 Å². The highest BCUT2D eigenvalue weighted by atomic mass is 32.2. The van der Waals surface area contributed by atoms with Crippen LogP contribution in [0, 0.1) is 5.92 Å². The Morgan fingerprint density at radius 3 is 2.74 bits per heavy atom. The number of nitrogens with zero attached hydrogens (tertiary/aromatic N) is 3. The van der Waals surface area contributed by atoms with Crippen LogP contribution < -0.4 is 10.5 Å². The van der Waals surface area contributed by atoms with Crippen LogP contribution in [0.2, 0.25) is 0 Å². The number of aryl methyl sites for hydroxylation is 1. The number of hydrogen-bond donors (Lipinski definition) is 2. The highest BCUT2D eigenvalue weighted by molar-refractivity contribution is 7.88. The molecule has 0 atom stereocenters. The number of imidazole rings is 1. The van der Waals surface area contributed by atoms with Crippen molar-refractivity contribution in [3.05, 3.63) is 30.1 Å². The second-order valence-corrected chi connectivity index (χ2v) is 9.25. The summed E-state index contributed by atoms with van der Waals surface area (Å²) in [6, 6.07) is 8.00. The Labute approximate surface area is 159 Å². The van der Waals surface area contributed by atoms with E-state index in [1.807, 2.05) is 18.2 Å². The van der Waals surface area contributed by atoms with Crippen molar-refractivity contribution in [2.75, 3.05) is 18.5 Å². The minimum Gasteiger partial charge on any atom is -0.382 e. The van der Waals surface area contributed by atoms with Gasteiger partial charge in [0, 0.05) is 24.9 Å². The fourth-order valence-electron chi connectivity index (χ4n) is 3.53. The molecule has 1 fully saturated rings. The van der Waals surface area contributed by atoms with Gasteiger partial charge in [0.15, 0.2) is 5.82 Å². The second kappa shape index (κ2) is 7.09. The summed E-state index contributed by atoms with van der Waals surface area (Å²) < 4.78 is 27.3. The summed E-state index contributed by atoms with van der Waals surface area (Å²) in [5.74, 6) is 2.25. The van der Waals surface area contributed by atoms with E-state index in [-0.39, 0.29) is 0 Å². The largest absolute Gasteiger partial charge is 0.382 e. The van der Waals surface area contributed by atoms with Gasteiger partial charge in [0.1, 0.15) is 11.3 Å². The van der Waals surface area contributed by atoms with Crippen molar-refractivity contribution in [2.45, 2.75) is 38.6 Å². The first-order valence-corrected chi connectivity index (χ1v) is 11.3. The molecule has 0 aliphatic heterocycles. The van der Waals surface area contributed by atoms with Crippen molar-refractivity contribution in [1.29, 1.82) is 0 Å². The third-order valence-corrected chi connectivity index (χ3v) is 5.76. The summed E-state index contributed by atoms with van der Waals surface area (Å²) in [6.45, 7) is 1.24. The van der Waals surface area contributed by atoms with Crippen LogP contribution in [-0.4, -0.2) is 35.8 Å². The molecule has 27 heavy (non-hydrogen) atoms. The van der Waals surface area contributed by atoms with E-state index in [9.17, 15) is 8.42 Å². The van der Waals surface area contributed by atoms with E-state index in [1.54, 1.807) is 0 Å². The van der Waals surface area contributed by atoms with Gasteiger partial charge in [-0.05, 0) is 37.7 Å². The van der Waals surface area contributed by atoms with Gasteiger partial charge >= 0.3 is 0 Å². The number of rotatable bonds is 8. The van der Waals surface area contributed by atoms with Crippen LogP contribution >= 0.6 is 0 Å². The molecule has 3 N–H and O–H groups in total. The van der Waals surface area contributed by atoms with Crippen LogP contribution in [-0.2, 0) is 23.0 Å². The van der Waals surface area contributed by atoms with Gasteiger partial charge in [-0.3, -0.25) is 0 Å². The smallest absolute Gasteiger partial charge is 0.208 e. The van der Waals surface area contributed by atoms with Crippen molar-refractivity contribution >= 4 is 37.8 Å². The minimum absolute atomic E-state index is 0.452. The van der Waals surface area contributed by atoms with Crippen LogP contribution in [0.4, 0.5) is 5.82 Å². The molecule has 1 aromatic carbocycles. The summed E-state index contributed by atoms with van der Waals surface area (Å²) in [4.78, 5) is 9.36. The normalized spacial score (nSPS) is 15.0. The van der Waals surface area contributed by atoms with Crippen molar-refractivity contribution < 1.29 is 8.42 Å². The molecule has 4 rings (SSSR count). The van der Waals surface area contributed by atoms with Gasteiger partial charge in [-0.2, -0.15) is 0 Å². The Balaban J connectivity index is 1.67. The predicted molar refractivity (Wildman–Crippen MR) is 108 cm³/mol. The molecule has 144 valence electrons. The molecule has 2 aromatic heterocycles. The Kier molecular flexibility index (Phi) is 4.77. The highest BCUT2D eigenvalue weighted by Gasteiger charge is 2.26. The first kappa shape index (κ1) is 18.2. The maximum Gasteiger partial charge on any atom is 0.208 e. The monoisotopic (exact) mass is 387 g/mol. The Morgan fingerprint density at radius 2 is 2.00 bits per heavy atom. The lowest BCUT2D eigenvalue weighted by atomic mass is 10.2. The van der Waals surface area contributed by atoms with Crippen molar-refractivity contribution in [3.8, 4) is 0 Å². The number of unbranched alkanes of at least 4 members (excludes halogenated alkanes) is 1. The Morgan fingerprint density at radius 1 is 1.22 bits per heavy atom. The molecule has 0 unspecified atom stereocenters. The summed E-state index contributed by atoms with van der Waals surface area (Å²) in [7, 11) is -3.14. The molecule has 1 aliphatic rings. The zero-order chi connectivity index (χ0) is 19.0. The third-order valence-electron chi connectivity index (χ3n) is 5.03. The molecule has 8 heteroatoms. The van der Waals surface area contributed by atoms with Gasteiger partial charge in [0.25, 0.3) is 0 Å². The molecule has 7 nitrogen and oxygen atoms in total. The summed E-state index contributed by atoms with van der Waals surface area (Å²) in [6.07, 6.45) is 6.30. The van der Waals surface area contributed by atoms with E-state index in [0.717, 1.165) is 53.6 Å². The maximum absolute atomic E-state index is 11.2. The van der Waals surface area contributed by atoms with Gasteiger partial charge in [-0.25, -0.2) is 23.1 Å². The number of sulfonamides is 1. The molecule has 0 bridgehead atoms. The van der Waals surface area contributed by atoms with Gasteiger partial charge in [0.05, 0.1) is 17.3 Å². The lowest BCUT2D eigenvalue weighted by Crippen LogP contribution is -2.23. The quantitative estimate of drug-likeness (QED) is 0.578. The first-order chi connectivity index (χ1) is 12.9. The fourth-order valence-corrected chi connectivity index (χ4v) is 4.05. The number of nitrogens with one attached hydrogen (secondary N) is 1. The van der Waals surface area contributed by atoms with E-state index in [0.29, 0.717) is 18.3 Å². The summed E-state index contributed by atoms with van der Waals surface area (Å²) in [5, 5.41) is 1.06. The number of aromatic nitrogens is 3. The number of fused-ring (bicyclic) bond motifs is 3. The molecule has 0 spiro atoms. The number of nitrogen functional groups attached to an aromatic ring is 1. The molecule has 1 aliphatic carbocycles. The van der Waals surface area contributed by atoms with Crippen LogP contribution in [0.5, 0.6) is 0 Å². The molecular formula is C19H25N5O2S. The van der Waals surface area contributed by atoms with E-state index in [1.165, 1.54) is 19.1 Å². The van der Waals surface area contributed by atoms with Gasteiger partial charge in [0.2, 0.25) is 10.0 Å². The number of para-hydroxylation sites is 1. The molecule has 3 aromatic rings. The molecule has 0 radical (unpaired) electrons. The number of hydrogen-bond acceptors (Lipinski definition) is 5. The standard InChI is InChI=1S/C19H25N5O2S/c1-27(25,26)21-10-4-5-11-24-16(12-13-8-9-13)23-17-18(24)14-6-2-3-7-15(14)22-19(17)20/h2-3,6-7,13,21H,4-5,8-12H2,1H3,(H2,20,22). The van der Waals surface area contributed by atoms with Crippen molar-refractivity contribution in [2.24, 2.45) is 5.92 Å². The number of nitrogens with two attached hydrogens (primary N) is 1. The maximum atomic E-state index is 11.2. The van der Waals surface area contributed by atoms with E-state index in [2.05, 4.69) is 20.3 Å². The fraction of sp³-hybridized carbons (Fsp3) is 0.474. The molecule has 0 amide bonds. The topological polar surface area (TPSA) is 103 Å². The van der Waals surface area contributed by atoms with E-state index < -0.39 is 10.0 Å². The Hall–Kier alpha value is -2.19. The molecule has 0 saturated heterocycles. The highest BCUT2D eigenvalue weighted by Crippen LogP contribution is 2.35. The van der Waals surface area contributed by atoms with E-state index in [4.69, 9.17) is 10.7 Å². The summed E-state index contributed by atoms with van der Waals surface area (Å²) in [5.41, 5.74) is 8.91. The Bertz CT molecular complexity index is 1090. The molecule has 1 saturated carbocycles. The minimum atomic E-state index is -3.14. The third kappa shape index (κ3) is 4.06. The van der Waals surface area contributed by atoms with Crippen LogP contribution in [0.1, 0.15) is 31.5 Å². The van der Waals surface area contributed by atoms with Gasteiger partial charge in [-0.15, -0.1) is 0 Å². The van der Waals surface area contributed by atoms with Gasteiger partial charge in [-0.1, -0.05) is 18.2 Å². The second-order valence-electron chi connectivity index (χ2n) is 7.41. The summed E-state index contributed by atoms with van der Waals surface area (Å²) >= 11 is 0. The van der Waals surface area contributed by atoms with Crippen LogP contribution in [0.3, 0.4) is 0 Å². The number of benzene rings is 1. The average molecular weight is 388 g/mol. The van der Waals surface area contributed by atoms with E-state index >= 15 is 0 Å². The lowest BCUT2D eigenvalue weighted by molar-refractivity contribution is 0.564. The lowest BCUT2D eigenvalue weighted by Gasteiger charge is -2.11. The average Bonchev–Trinajstić information content (AvgIpc) is 3.34. The van der Waals surface area contributed by atoms with Crippen molar-refractivity contribution in [3.63, 3.8) is 0 Å². The zero-order valence-electron chi connectivity index (χ0n) is 15.5. The zero-order valence-corrected chi connectivity index (χ0v) is 16.3. The number of pyridine rings is 1. The first-order valence-electron chi connectivity index (χ1n) is 9.40.